The number of thiophene rings is 1. The van der Waals surface area contributed by atoms with Crippen molar-refractivity contribution < 1.29 is 19.1 Å². The molecule has 3 rings (SSSR count). The van der Waals surface area contributed by atoms with Gasteiger partial charge in [-0.2, -0.15) is 0 Å². The van der Waals surface area contributed by atoms with Crippen LogP contribution in [0.2, 0.25) is 5.02 Å². The maximum absolute atomic E-state index is 12.3. The van der Waals surface area contributed by atoms with Gasteiger partial charge >= 0.3 is 0 Å². The number of hydrazine groups is 1. The van der Waals surface area contributed by atoms with Crippen molar-refractivity contribution >= 4 is 50.9 Å². The second-order valence-corrected chi connectivity index (χ2v) is 7.12. The molecule has 1 heterocycles. The number of methoxy groups -OCH3 is 2. The van der Waals surface area contributed by atoms with Gasteiger partial charge < -0.3 is 9.47 Å². The second-order valence-electron chi connectivity index (χ2n) is 5.65. The van der Waals surface area contributed by atoms with Gasteiger partial charge in [-0.05, 0) is 24.3 Å². The van der Waals surface area contributed by atoms with E-state index in [1.807, 2.05) is 24.3 Å². The quantitative estimate of drug-likeness (QED) is 0.486. The minimum atomic E-state index is -0.501. The monoisotopic (exact) mass is 416 g/mol. The number of rotatable bonds is 5. The van der Waals surface area contributed by atoms with Crippen LogP contribution >= 0.6 is 22.9 Å². The van der Waals surface area contributed by atoms with Crippen molar-refractivity contribution in [3.8, 4) is 11.5 Å². The summed E-state index contributed by atoms with van der Waals surface area (Å²) in [5.41, 5.74) is 4.97. The molecule has 0 aliphatic heterocycles. The van der Waals surface area contributed by atoms with Gasteiger partial charge in [0.15, 0.2) is 0 Å². The summed E-state index contributed by atoms with van der Waals surface area (Å²) in [4.78, 5) is 25.0. The van der Waals surface area contributed by atoms with Crippen molar-refractivity contribution in [3.63, 3.8) is 0 Å². The second kappa shape index (κ2) is 8.77. The van der Waals surface area contributed by atoms with E-state index in [9.17, 15) is 9.59 Å². The Kier molecular flexibility index (Phi) is 6.18. The summed E-state index contributed by atoms with van der Waals surface area (Å²) in [6.45, 7) is 0. The molecule has 0 bridgehead atoms. The minimum absolute atomic E-state index is 0.285. The molecule has 2 N–H and O–H groups in total. The maximum atomic E-state index is 12.3. The molecule has 0 radical (unpaired) electrons. The Morgan fingerprint density at radius 1 is 1.04 bits per heavy atom. The highest BCUT2D eigenvalue weighted by atomic mass is 35.5. The Balaban J connectivity index is 1.64. The van der Waals surface area contributed by atoms with Crippen LogP contribution in [0.3, 0.4) is 0 Å². The van der Waals surface area contributed by atoms with Crippen molar-refractivity contribution in [2.24, 2.45) is 0 Å². The lowest BCUT2D eigenvalue weighted by Crippen LogP contribution is -2.40. The Morgan fingerprint density at radius 2 is 1.71 bits per heavy atom. The van der Waals surface area contributed by atoms with Crippen LogP contribution in [-0.2, 0) is 4.79 Å². The standard InChI is InChI=1S/C20H17ClN2O4S/c1-26-13-9-12(10-14(11-13)27-2)20(25)23-22-18(24)8-7-17-19(21)15-5-3-4-6-16(15)28-17/h3-11H,1-2H3,(H,22,24)(H,23,25)/b8-7+. The number of hydrogen-bond donors (Lipinski definition) is 2. The van der Waals surface area contributed by atoms with Gasteiger partial charge in [-0.1, -0.05) is 29.8 Å². The van der Waals surface area contributed by atoms with Crippen molar-refractivity contribution in [1.29, 1.82) is 0 Å². The first kappa shape index (κ1) is 19.7. The van der Waals surface area contributed by atoms with Crippen molar-refractivity contribution in [2.75, 3.05) is 14.2 Å². The third-order valence-electron chi connectivity index (χ3n) is 3.86. The number of benzene rings is 2. The molecule has 0 saturated carbocycles. The summed E-state index contributed by atoms with van der Waals surface area (Å²) in [7, 11) is 2.98. The zero-order chi connectivity index (χ0) is 20.1. The smallest absolute Gasteiger partial charge is 0.269 e. The molecule has 6 nitrogen and oxygen atoms in total. The molecule has 2 amide bonds. The van der Waals surface area contributed by atoms with Crippen LogP contribution in [-0.4, -0.2) is 26.0 Å². The van der Waals surface area contributed by atoms with E-state index in [-0.39, 0.29) is 5.56 Å². The van der Waals surface area contributed by atoms with Crippen LogP contribution in [0.1, 0.15) is 15.2 Å². The molecule has 0 atom stereocenters. The summed E-state index contributed by atoms with van der Waals surface area (Å²) < 4.78 is 11.3. The first-order chi connectivity index (χ1) is 13.5. The zero-order valence-electron chi connectivity index (χ0n) is 15.1. The maximum Gasteiger partial charge on any atom is 0.269 e. The lowest BCUT2D eigenvalue weighted by Gasteiger charge is -2.09. The fourth-order valence-electron chi connectivity index (χ4n) is 2.46. The summed E-state index contributed by atoms with van der Waals surface area (Å²) in [6.07, 6.45) is 2.92. The van der Waals surface area contributed by atoms with Gasteiger partial charge in [-0.15, -0.1) is 11.3 Å². The van der Waals surface area contributed by atoms with Gasteiger partial charge in [0.05, 0.1) is 19.2 Å². The lowest BCUT2D eigenvalue weighted by molar-refractivity contribution is -0.117. The van der Waals surface area contributed by atoms with Crippen LogP contribution in [0.15, 0.2) is 48.5 Å². The van der Waals surface area contributed by atoms with Gasteiger partial charge in [0.2, 0.25) is 0 Å². The van der Waals surface area contributed by atoms with Crippen molar-refractivity contribution in [2.45, 2.75) is 0 Å². The topological polar surface area (TPSA) is 76.7 Å². The van der Waals surface area contributed by atoms with Crippen LogP contribution in [0.25, 0.3) is 16.2 Å². The van der Waals surface area contributed by atoms with E-state index in [4.69, 9.17) is 21.1 Å². The number of carbonyl (C=O) groups is 2. The van der Waals surface area contributed by atoms with E-state index in [0.29, 0.717) is 16.5 Å². The summed E-state index contributed by atoms with van der Waals surface area (Å²) in [5.74, 6) is -0.0548. The molecule has 0 saturated heterocycles. The van der Waals surface area contributed by atoms with E-state index in [2.05, 4.69) is 10.9 Å². The number of hydrogen-bond acceptors (Lipinski definition) is 5. The molecule has 1 aromatic heterocycles. The molecule has 2 aromatic carbocycles. The first-order valence-corrected chi connectivity index (χ1v) is 9.39. The van der Waals surface area contributed by atoms with Crippen LogP contribution < -0.4 is 20.3 Å². The van der Waals surface area contributed by atoms with Gasteiger partial charge in [0.1, 0.15) is 11.5 Å². The average molecular weight is 417 g/mol. The lowest BCUT2D eigenvalue weighted by atomic mass is 10.2. The Morgan fingerprint density at radius 3 is 2.36 bits per heavy atom. The Labute approximate surface area is 170 Å². The minimum Gasteiger partial charge on any atom is -0.497 e. The number of fused-ring (bicyclic) bond motifs is 1. The third kappa shape index (κ3) is 4.44. The highest BCUT2D eigenvalue weighted by Crippen LogP contribution is 2.35. The van der Waals surface area contributed by atoms with Crippen LogP contribution in [0, 0.1) is 0 Å². The number of nitrogens with one attached hydrogen (secondary N) is 2. The SMILES string of the molecule is COc1cc(OC)cc(C(=O)NNC(=O)/C=C/c2sc3ccccc3c2Cl)c1. The summed E-state index contributed by atoms with van der Waals surface area (Å²) in [6, 6.07) is 12.4. The van der Waals surface area contributed by atoms with E-state index in [1.165, 1.54) is 43.8 Å². The predicted molar refractivity (Wildman–Crippen MR) is 111 cm³/mol. The molecule has 0 unspecified atom stereocenters. The molecule has 0 aliphatic rings. The Bertz CT molecular complexity index is 1040. The van der Waals surface area contributed by atoms with Gasteiger partial charge in [-0.3, -0.25) is 20.4 Å². The fraction of sp³-hybridized carbons (Fsp3) is 0.100. The number of ether oxygens (including phenoxy) is 2. The van der Waals surface area contributed by atoms with E-state index in [0.717, 1.165) is 15.0 Å². The molecular formula is C20H17ClN2O4S. The average Bonchev–Trinajstić information content (AvgIpc) is 3.05. The molecular weight excluding hydrogens is 400 g/mol. The molecule has 0 aliphatic carbocycles. The molecule has 3 aromatic rings. The highest BCUT2D eigenvalue weighted by Gasteiger charge is 2.11. The summed E-state index contributed by atoms with van der Waals surface area (Å²) in [5, 5.41) is 1.53. The normalized spacial score (nSPS) is 10.8. The van der Waals surface area contributed by atoms with Gasteiger partial charge in [0.25, 0.3) is 11.8 Å². The third-order valence-corrected chi connectivity index (χ3v) is 5.51. The highest BCUT2D eigenvalue weighted by molar-refractivity contribution is 7.20. The molecule has 144 valence electrons. The summed E-state index contributed by atoms with van der Waals surface area (Å²) >= 11 is 7.82. The largest absolute Gasteiger partial charge is 0.497 e. The van der Waals surface area contributed by atoms with E-state index >= 15 is 0 Å². The molecule has 28 heavy (non-hydrogen) atoms. The first-order valence-electron chi connectivity index (χ1n) is 8.20. The van der Waals surface area contributed by atoms with Gasteiger partial charge in [0, 0.05) is 32.7 Å². The zero-order valence-corrected chi connectivity index (χ0v) is 16.7. The number of halogens is 1. The molecule has 0 spiro atoms. The van der Waals surface area contributed by atoms with Gasteiger partial charge in [-0.25, -0.2) is 0 Å². The van der Waals surface area contributed by atoms with E-state index < -0.39 is 11.8 Å². The molecule has 0 fully saturated rings. The Hall–Kier alpha value is -3.03. The number of carbonyl (C=O) groups excluding carboxylic acids is 2. The fourth-order valence-corrected chi connectivity index (χ4v) is 3.86. The van der Waals surface area contributed by atoms with Crippen molar-refractivity contribution in [1.82, 2.24) is 10.9 Å². The van der Waals surface area contributed by atoms with Crippen molar-refractivity contribution in [3.05, 3.63) is 64.0 Å². The molecule has 8 heteroatoms. The van der Waals surface area contributed by atoms with E-state index in [1.54, 1.807) is 12.1 Å². The van der Waals surface area contributed by atoms with Crippen LogP contribution in [0.4, 0.5) is 0 Å². The number of amides is 2. The van der Waals surface area contributed by atoms with Crippen LogP contribution in [0.5, 0.6) is 11.5 Å². The predicted octanol–water partition coefficient (Wildman–Crippen LogP) is 4.05.